The minimum absolute atomic E-state index is 0.0362. The normalized spacial score (nSPS) is 13.2. The van der Waals surface area contributed by atoms with Gasteiger partial charge in [0.25, 0.3) is 0 Å². The largest absolute Gasteiger partial charge is 0.351 e. The molecule has 3 nitrogen and oxygen atoms in total. The third-order valence-electron chi connectivity index (χ3n) is 2.28. The van der Waals surface area contributed by atoms with E-state index >= 15 is 0 Å². The van der Waals surface area contributed by atoms with Gasteiger partial charge >= 0.3 is 0 Å². The van der Waals surface area contributed by atoms with Crippen molar-refractivity contribution >= 4 is 17.2 Å². The van der Waals surface area contributed by atoms with Gasteiger partial charge in [-0.2, -0.15) is 0 Å². The summed E-state index contributed by atoms with van der Waals surface area (Å²) in [5.41, 5.74) is 0. The molecule has 1 atom stereocenters. The molecule has 1 unspecified atom stereocenters. The average Bonchev–Trinajstić information content (AvgIpc) is 2.71. The Balaban J connectivity index is 2.57. The summed E-state index contributed by atoms with van der Waals surface area (Å²) >= 11 is 1.71. The standard InChI is InChI=1S/C12H18N2OS/c1-4-6-12(15)13-9-10(14(2)3)11-7-5-8-16-11/h4-8,10H,9H2,1-3H3,(H,13,15). The van der Waals surface area contributed by atoms with E-state index in [-0.39, 0.29) is 11.9 Å². The lowest BCUT2D eigenvalue weighted by atomic mass is 10.2. The average molecular weight is 238 g/mol. The van der Waals surface area contributed by atoms with E-state index < -0.39 is 0 Å². The first kappa shape index (κ1) is 12.9. The molecule has 16 heavy (non-hydrogen) atoms. The molecule has 0 bridgehead atoms. The Kier molecular flexibility index (Phi) is 5.22. The molecule has 1 amide bonds. The third-order valence-corrected chi connectivity index (χ3v) is 3.26. The van der Waals surface area contributed by atoms with Crippen molar-refractivity contribution < 1.29 is 4.79 Å². The lowest BCUT2D eigenvalue weighted by molar-refractivity contribution is -0.116. The summed E-state index contributed by atoms with van der Waals surface area (Å²) in [5.74, 6) is -0.0362. The zero-order valence-electron chi connectivity index (χ0n) is 9.93. The van der Waals surface area contributed by atoms with Crippen LogP contribution < -0.4 is 5.32 Å². The van der Waals surface area contributed by atoms with E-state index in [1.807, 2.05) is 27.1 Å². The number of carbonyl (C=O) groups is 1. The van der Waals surface area contributed by atoms with E-state index in [9.17, 15) is 4.79 Å². The number of hydrogen-bond donors (Lipinski definition) is 1. The van der Waals surface area contributed by atoms with Crippen LogP contribution in [0.1, 0.15) is 17.8 Å². The Morgan fingerprint density at radius 1 is 1.62 bits per heavy atom. The maximum absolute atomic E-state index is 11.3. The molecule has 0 aliphatic heterocycles. The molecule has 0 aromatic carbocycles. The van der Waals surface area contributed by atoms with E-state index in [0.29, 0.717) is 6.54 Å². The van der Waals surface area contributed by atoms with Gasteiger partial charge in [-0.25, -0.2) is 0 Å². The van der Waals surface area contributed by atoms with Gasteiger partial charge in [-0.05, 0) is 38.5 Å². The van der Waals surface area contributed by atoms with Crippen molar-refractivity contribution in [3.05, 3.63) is 34.5 Å². The SMILES string of the molecule is CC=CC(=O)NCC(c1cccs1)N(C)C. The summed E-state index contributed by atoms with van der Waals surface area (Å²) in [6.45, 7) is 2.47. The van der Waals surface area contributed by atoms with E-state index in [0.717, 1.165) is 0 Å². The molecule has 4 heteroatoms. The fourth-order valence-electron chi connectivity index (χ4n) is 1.43. The minimum atomic E-state index is -0.0362. The summed E-state index contributed by atoms with van der Waals surface area (Å²) in [6.07, 6.45) is 3.28. The summed E-state index contributed by atoms with van der Waals surface area (Å²) in [4.78, 5) is 14.7. The van der Waals surface area contributed by atoms with Gasteiger partial charge in [-0.15, -0.1) is 11.3 Å². The fourth-order valence-corrected chi connectivity index (χ4v) is 2.35. The van der Waals surface area contributed by atoms with E-state index in [4.69, 9.17) is 0 Å². The highest BCUT2D eigenvalue weighted by Crippen LogP contribution is 2.22. The molecular weight excluding hydrogens is 220 g/mol. The van der Waals surface area contributed by atoms with Gasteiger partial charge in [0.15, 0.2) is 0 Å². The van der Waals surface area contributed by atoms with Crippen molar-refractivity contribution in [2.45, 2.75) is 13.0 Å². The molecule has 0 spiro atoms. The van der Waals surface area contributed by atoms with Crippen LogP contribution in [0.25, 0.3) is 0 Å². The number of allylic oxidation sites excluding steroid dienone is 1. The van der Waals surface area contributed by atoms with Crippen LogP contribution in [0.3, 0.4) is 0 Å². The quantitative estimate of drug-likeness (QED) is 0.796. The van der Waals surface area contributed by atoms with Gasteiger partial charge in [0.05, 0.1) is 6.04 Å². The van der Waals surface area contributed by atoms with Gasteiger partial charge < -0.3 is 10.2 Å². The highest BCUT2D eigenvalue weighted by atomic mass is 32.1. The first-order valence-corrected chi connectivity index (χ1v) is 6.13. The summed E-state index contributed by atoms with van der Waals surface area (Å²) in [6, 6.07) is 4.37. The van der Waals surface area contributed by atoms with Crippen LogP contribution in [-0.2, 0) is 4.79 Å². The predicted octanol–water partition coefficient (Wildman–Crippen LogP) is 2.04. The van der Waals surface area contributed by atoms with Crippen LogP contribution in [0.15, 0.2) is 29.7 Å². The first-order chi connectivity index (χ1) is 7.65. The molecule has 1 N–H and O–H groups in total. The molecule has 0 aliphatic rings. The molecule has 0 saturated carbocycles. The maximum Gasteiger partial charge on any atom is 0.243 e. The second kappa shape index (κ2) is 6.45. The molecule has 1 aromatic heterocycles. The van der Waals surface area contributed by atoms with Crippen molar-refractivity contribution in [2.75, 3.05) is 20.6 Å². The van der Waals surface area contributed by atoms with Crippen molar-refractivity contribution in [2.24, 2.45) is 0 Å². The molecule has 1 aromatic rings. The maximum atomic E-state index is 11.3. The second-order valence-electron chi connectivity index (χ2n) is 3.74. The first-order valence-electron chi connectivity index (χ1n) is 5.25. The zero-order chi connectivity index (χ0) is 12.0. The zero-order valence-corrected chi connectivity index (χ0v) is 10.8. The lowest BCUT2D eigenvalue weighted by Gasteiger charge is -2.23. The highest BCUT2D eigenvalue weighted by Gasteiger charge is 2.15. The highest BCUT2D eigenvalue weighted by molar-refractivity contribution is 7.10. The fraction of sp³-hybridized carbons (Fsp3) is 0.417. The topological polar surface area (TPSA) is 32.3 Å². The van der Waals surface area contributed by atoms with E-state index in [1.54, 1.807) is 23.5 Å². The second-order valence-corrected chi connectivity index (χ2v) is 4.72. The Hall–Kier alpha value is -1.13. The van der Waals surface area contributed by atoms with E-state index in [2.05, 4.69) is 21.7 Å². The van der Waals surface area contributed by atoms with E-state index in [1.165, 1.54) is 4.88 Å². The van der Waals surface area contributed by atoms with Gasteiger partial charge in [0.2, 0.25) is 5.91 Å². The van der Waals surface area contributed by atoms with Crippen molar-refractivity contribution in [1.29, 1.82) is 0 Å². The molecule has 0 saturated heterocycles. The van der Waals surface area contributed by atoms with Crippen molar-refractivity contribution in [1.82, 2.24) is 10.2 Å². The van der Waals surface area contributed by atoms with Gasteiger partial charge in [0, 0.05) is 11.4 Å². The molecule has 88 valence electrons. The minimum Gasteiger partial charge on any atom is -0.351 e. The Labute approximate surface area is 101 Å². The van der Waals surface area contributed by atoms with Gasteiger partial charge in [-0.1, -0.05) is 12.1 Å². The molecular formula is C12H18N2OS. The molecule has 1 heterocycles. The number of hydrogen-bond acceptors (Lipinski definition) is 3. The van der Waals surface area contributed by atoms with Crippen LogP contribution in [0.5, 0.6) is 0 Å². The monoisotopic (exact) mass is 238 g/mol. The number of nitrogens with one attached hydrogen (secondary N) is 1. The third kappa shape index (κ3) is 3.79. The lowest BCUT2D eigenvalue weighted by Crippen LogP contribution is -2.33. The summed E-state index contributed by atoms with van der Waals surface area (Å²) in [7, 11) is 4.04. The number of nitrogens with zero attached hydrogens (tertiary/aromatic N) is 1. The Bertz CT molecular complexity index is 344. The smallest absolute Gasteiger partial charge is 0.243 e. The van der Waals surface area contributed by atoms with Crippen LogP contribution in [0.2, 0.25) is 0 Å². The van der Waals surface area contributed by atoms with Crippen LogP contribution in [0, 0.1) is 0 Å². The van der Waals surface area contributed by atoms with Gasteiger partial charge in [-0.3, -0.25) is 4.79 Å². The number of thiophene rings is 1. The number of amides is 1. The van der Waals surface area contributed by atoms with Crippen LogP contribution >= 0.6 is 11.3 Å². The molecule has 0 aliphatic carbocycles. The van der Waals surface area contributed by atoms with Crippen LogP contribution in [0.4, 0.5) is 0 Å². The summed E-state index contributed by atoms with van der Waals surface area (Å²) in [5, 5.41) is 4.95. The Morgan fingerprint density at radius 3 is 2.88 bits per heavy atom. The number of likely N-dealkylation sites (N-methyl/N-ethyl adjacent to an activating group) is 1. The summed E-state index contributed by atoms with van der Waals surface area (Å²) < 4.78 is 0. The number of carbonyl (C=O) groups excluding carboxylic acids is 1. The van der Waals surface area contributed by atoms with Crippen molar-refractivity contribution in [3.8, 4) is 0 Å². The number of rotatable bonds is 5. The van der Waals surface area contributed by atoms with Crippen molar-refractivity contribution in [3.63, 3.8) is 0 Å². The van der Waals surface area contributed by atoms with Gasteiger partial charge in [0.1, 0.15) is 0 Å². The predicted molar refractivity (Wildman–Crippen MR) is 68.6 cm³/mol. The Morgan fingerprint density at radius 2 is 2.38 bits per heavy atom. The molecule has 1 rings (SSSR count). The molecule has 0 fully saturated rings. The molecule has 0 radical (unpaired) electrons. The van der Waals surface area contributed by atoms with Crippen LogP contribution in [-0.4, -0.2) is 31.4 Å².